The molecule has 0 aromatic carbocycles. The fourth-order valence-corrected chi connectivity index (χ4v) is 2.01. The molecule has 1 fully saturated rings. The lowest BCUT2D eigenvalue weighted by molar-refractivity contribution is -0.120. The molecule has 0 unspecified atom stereocenters. The van der Waals surface area contributed by atoms with Crippen LogP contribution in [0.15, 0.2) is 30.6 Å². The van der Waals surface area contributed by atoms with Gasteiger partial charge in [-0.3, -0.25) is 15.0 Å². The van der Waals surface area contributed by atoms with Crippen LogP contribution in [-0.2, 0) is 4.79 Å². The Morgan fingerprint density at radius 3 is 2.68 bits per heavy atom. The predicted octanol–water partition coefficient (Wildman–Crippen LogP) is 1.76. The van der Waals surface area contributed by atoms with Crippen molar-refractivity contribution in [1.82, 2.24) is 20.3 Å². The average molecular weight is 320 g/mol. The summed E-state index contributed by atoms with van der Waals surface area (Å²) in [7, 11) is 0. The third-order valence-corrected chi connectivity index (χ3v) is 3.08. The summed E-state index contributed by atoms with van der Waals surface area (Å²) in [4.78, 5) is 36.2. The third-order valence-electron chi connectivity index (χ3n) is 2.87. The zero-order chi connectivity index (χ0) is 15.5. The number of urea groups is 1. The number of ether oxygens (including phenoxy) is 1. The Hall–Kier alpha value is -2.74. The summed E-state index contributed by atoms with van der Waals surface area (Å²) in [5.41, 5.74) is 0.469. The third kappa shape index (κ3) is 3.12. The molecule has 0 spiro atoms. The zero-order valence-corrected chi connectivity index (χ0v) is 11.9. The molecule has 1 N–H and O–H groups in total. The molecule has 1 aliphatic heterocycles. The van der Waals surface area contributed by atoms with Crippen LogP contribution in [0, 0.1) is 0 Å². The maximum Gasteiger partial charge on any atom is 0.328 e. The van der Waals surface area contributed by atoms with Gasteiger partial charge in [0.2, 0.25) is 11.8 Å². The largest absolute Gasteiger partial charge is 0.405 e. The van der Waals surface area contributed by atoms with Gasteiger partial charge in [-0.15, -0.1) is 0 Å². The number of amides is 3. The Bertz CT molecular complexity index is 722. The van der Waals surface area contributed by atoms with Gasteiger partial charge in [0.15, 0.2) is 0 Å². The summed E-state index contributed by atoms with van der Waals surface area (Å²) >= 11 is 5.76. The minimum Gasteiger partial charge on any atom is -0.405 e. The van der Waals surface area contributed by atoms with Crippen LogP contribution in [0.25, 0.3) is 0 Å². The Morgan fingerprint density at radius 2 is 2.00 bits per heavy atom. The number of aromatic nitrogens is 3. The molecule has 22 heavy (non-hydrogen) atoms. The number of hydrogen-bond donors (Lipinski definition) is 1. The number of imide groups is 1. The van der Waals surface area contributed by atoms with Crippen LogP contribution < -0.4 is 15.0 Å². The summed E-state index contributed by atoms with van der Waals surface area (Å²) in [5.74, 6) is -0.0317. The summed E-state index contributed by atoms with van der Waals surface area (Å²) in [5, 5.41) is 2.52. The van der Waals surface area contributed by atoms with Gasteiger partial charge in [-0.1, -0.05) is 17.7 Å². The van der Waals surface area contributed by atoms with E-state index < -0.39 is 6.03 Å². The van der Waals surface area contributed by atoms with E-state index in [-0.39, 0.29) is 30.8 Å². The van der Waals surface area contributed by atoms with Gasteiger partial charge in [0, 0.05) is 19.0 Å². The number of rotatable bonds is 3. The molecule has 0 radical (unpaired) electrons. The first-order valence-corrected chi connectivity index (χ1v) is 6.73. The number of pyridine rings is 1. The highest BCUT2D eigenvalue weighted by Gasteiger charge is 2.24. The number of carbonyl (C=O) groups excluding carboxylic acids is 2. The van der Waals surface area contributed by atoms with Crippen molar-refractivity contribution >= 4 is 29.2 Å². The lowest BCUT2D eigenvalue weighted by Gasteiger charge is -2.25. The van der Waals surface area contributed by atoms with Crippen molar-refractivity contribution in [3.05, 3.63) is 35.7 Å². The molecule has 9 heteroatoms. The van der Waals surface area contributed by atoms with Crippen molar-refractivity contribution in [3.63, 3.8) is 0 Å². The van der Waals surface area contributed by atoms with Crippen molar-refractivity contribution in [2.24, 2.45) is 0 Å². The molecule has 0 bridgehead atoms. The lowest BCUT2D eigenvalue weighted by atomic mass is 10.3. The fourth-order valence-electron chi connectivity index (χ4n) is 1.85. The van der Waals surface area contributed by atoms with E-state index in [1.807, 2.05) is 0 Å². The molecule has 112 valence electrons. The van der Waals surface area contributed by atoms with E-state index >= 15 is 0 Å². The number of nitrogens with one attached hydrogen (secondary N) is 1. The van der Waals surface area contributed by atoms with Gasteiger partial charge >= 0.3 is 12.0 Å². The number of anilines is 1. The predicted molar refractivity (Wildman–Crippen MR) is 76.9 cm³/mol. The molecule has 0 aliphatic carbocycles. The molecule has 2 aromatic rings. The molecular formula is C13H10ClN5O3. The van der Waals surface area contributed by atoms with E-state index in [0.29, 0.717) is 10.8 Å². The summed E-state index contributed by atoms with van der Waals surface area (Å²) in [6.07, 6.45) is 3.10. The van der Waals surface area contributed by atoms with Gasteiger partial charge in [0.25, 0.3) is 0 Å². The molecule has 1 aliphatic rings. The first-order valence-electron chi connectivity index (χ1n) is 6.35. The molecule has 8 nitrogen and oxygen atoms in total. The molecule has 2 aromatic heterocycles. The maximum absolute atomic E-state index is 11.7. The number of halogens is 1. The summed E-state index contributed by atoms with van der Waals surface area (Å²) in [6, 6.07) is 4.51. The molecule has 3 rings (SSSR count). The van der Waals surface area contributed by atoms with E-state index in [9.17, 15) is 9.59 Å². The average Bonchev–Trinajstić information content (AvgIpc) is 2.48. The van der Waals surface area contributed by atoms with Crippen molar-refractivity contribution in [2.75, 3.05) is 11.4 Å². The minimum absolute atomic E-state index is 0.0759. The van der Waals surface area contributed by atoms with Crippen LogP contribution in [0.5, 0.6) is 11.9 Å². The Balaban J connectivity index is 1.73. The lowest BCUT2D eigenvalue weighted by Crippen LogP contribution is -2.49. The van der Waals surface area contributed by atoms with Crippen LogP contribution in [0.2, 0.25) is 5.15 Å². The number of hydrogen-bond acceptors (Lipinski definition) is 6. The van der Waals surface area contributed by atoms with Crippen LogP contribution in [-0.4, -0.2) is 33.4 Å². The van der Waals surface area contributed by atoms with Gasteiger partial charge in [-0.2, -0.15) is 0 Å². The molecule has 1 saturated heterocycles. The van der Waals surface area contributed by atoms with E-state index in [2.05, 4.69) is 20.3 Å². The van der Waals surface area contributed by atoms with Gasteiger partial charge in [-0.25, -0.2) is 19.7 Å². The van der Waals surface area contributed by atoms with Crippen LogP contribution in [0.4, 0.5) is 10.5 Å². The van der Waals surface area contributed by atoms with Crippen molar-refractivity contribution in [3.8, 4) is 11.9 Å². The standard InChI is InChI=1S/C13H10ClN5O3/c14-9-2-1-3-11(17-9)22-12-15-6-8(7-16-12)19-5-4-10(20)18-13(19)21/h1-3,6-7H,4-5H2,(H,18,20,21). The number of nitrogens with zero attached hydrogens (tertiary/aromatic N) is 4. The molecule has 3 amide bonds. The second kappa shape index (κ2) is 5.94. The topological polar surface area (TPSA) is 97.3 Å². The molecular weight excluding hydrogens is 310 g/mol. The monoisotopic (exact) mass is 319 g/mol. The van der Waals surface area contributed by atoms with Crippen molar-refractivity contribution < 1.29 is 14.3 Å². The minimum atomic E-state index is -0.495. The van der Waals surface area contributed by atoms with Gasteiger partial charge < -0.3 is 4.74 Å². The van der Waals surface area contributed by atoms with Crippen LogP contribution >= 0.6 is 11.6 Å². The van der Waals surface area contributed by atoms with Crippen LogP contribution in [0.3, 0.4) is 0 Å². The molecule has 3 heterocycles. The first kappa shape index (κ1) is 14.2. The smallest absolute Gasteiger partial charge is 0.328 e. The van der Waals surface area contributed by atoms with Gasteiger partial charge in [0.05, 0.1) is 18.1 Å². The van der Waals surface area contributed by atoms with E-state index in [1.165, 1.54) is 17.3 Å². The number of carbonyl (C=O) groups is 2. The van der Waals surface area contributed by atoms with E-state index in [4.69, 9.17) is 16.3 Å². The van der Waals surface area contributed by atoms with Gasteiger partial charge in [-0.05, 0) is 6.07 Å². The van der Waals surface area contributed by atoms with Crippen molar-refractivity contribution in [2.45, 2.75) is 6.42 Å². The second-order valence-electron chi connectivity index (χ2n) is 4.38. The van der Waals surface area contributed by atoms with Gasteiger partial charge in [0.1, 0.15) is 5.15 Å². The van der Waals surface area contributed by atoms with E-state index in [1.54, 1.807) is 18.2 Å². The Labute approximate surface area is 130 Å². The van der Waals surface area contributed by atoms with Crippen LogP contribution in [0.1, 0.15) is 6.42 Å². The maximum atomic E-state index is 11.7. The fraction of sp³-hybridized carbons (Fsp3) is 0.154. The highest BCUT2D eigenvalue weighted by atomic mass is 35.5. The Kier molecular flexibility index (Phi) is 3.84. The molecule has 0 atom stereocenters. The Morgan fingerprint density at radius 1 is 1.23 bits per heavy atom. The molecule has 0 saturated carbocycles. The SMILES string of the molecule is O=C1CCN(c2cnc(Oc3cccc(Cl)n3)nc2)C(=O)N1. The highest BCUT2D eigenvalue weighted by Crippen LogP contribution is 2.20. The van der Waals surface area contributed by atoms with E-state index in [0.717, 1.165) is 0 Å². The summed E-state index contributed by atoms with van der Waals surface area (Å²) in [6.45, 7) is 0.282. The normalized spacial score (nSPS) is 14.7. The quantitative estimate of drug-likeness (QED) is 0.866. The first-order chi connectivity index (χ1) is 10.6. The second-order valence-corrected chi connectivity index (χ2v) is 4.77. The zero-order valence-electron chi connectivity index (χ0n) is 11.2. The highest BCUT2D eigenvalue weighted by molar-refractivity contribution is 6.29. The van der Waals surface area contributed by atoms with Crippen molar-refractivity contribution in [1.29, 1.82) is 0 Å². The summed E-state index contributed by atoms with van der Waals surface area (Å²) < 4.78 is 5.35.